The van der Waals surface area contributed by atoms with E-state index in [0.29, 0.717) is 18.4 Å². The number of hydrogen-bond acceptors (Lipinski definition) is 5. The van der Waals surface area contributed by atoms with Gasteiger partial charge in [0.25, 0.3) is 0 Å². The Hall–Kier alpha value is -1.49. The molecule has 2 N–H and O–H groups in total. The minimum absolute atomic E-state index is 0.00375. The first-order chi connectivity index (χ1) is 11.5. The van der Waals surface area contributed by atoms with Crippen molar-refractivity contribution in [2.24, 2.45) is 5.92 Å². The summed E-state index contributed by atoms with van der Waals surface area (Å²) in [5.41, 5.74) is 0.301. The molecule has 25 heavy (non-hydrogen) atoms. The van der Waals surface area contributed by atoms with Crippen molar-refractivity contribution < 1.29 is 26.7 Å². The quantitative estimate of drug-likeness (QED) is 0.766. The molecular weight excluding hydrogens is 368 g/mol. The van der Waals surface area contributed by atoms with Crippen LogP contribution in [0, 0.1) is 12.8 Å². The highest BCUT2D eigenvalue weighted by molar-refractivity contribution is 7.89. The predicted molar refractivity (Wildman–Crippen MR) is 91.1 cm³/mol. The summed E-state index contributed by atoms with van der Waals surface area (Å²) in [5, 5.41) is 9.26. The number of benzene rings is 1. The summed E-state index contributed by atoms with van der Waals surface area (Å²) in [6.07, 6.45) is 0.895. The Kier molecular flexibility index (Phi) is 5.57. The predicted octanol–water partition coefficient (Wildman–Crippen LogP) is 0.777. The number of carboxylic acid groups (broad SMARTS) is 1. The van der Waals surface area contributed by atoms with E-state index in [4.69, 9.17) is 0 Å². The Morgan fingerprint density at radius 2 is 1.92 bits per heavy atom. The molecule has 1 aromatic carbocycles. The van der Waals surface area contributed by atoms with Crippen LogP contribution in [-0.2, 0) is 24.8 Å². The third-order valence-corrected chi connectivity index (χ3v) is 8.12. The second-order valence-corrected chi connectivity index (χ2v) is 9.82. The molecule has 1 saturated heterocycles. The standard InChI is InChI=1S/C15H22N2O6S2/c1-10-9-12(6-7-14(10)24(20,21)16-3)25(22,23)17-8-4-5-13(11(17)2)15(18)19/h6-7,9,11,13,16H,4-5,8H2,1-3H3,(H,18,19)/t11-,13-/m0/s1. The fourth-order valence-electron chi connectivity index (χ4n) is 3.11. The number of nitrogens with one attached hydrogen (secondary N) is 1. The van der Waals surface area contributed by atoms with E-state index >= 15 is 0 Å². The van der Waals surface area contributed by atoms with E-state index in [-0.39, 0.29) is 16.3 Å². The van der Waals surface area contributed by atoms with Crippen LogP contribution in [0.3, 0.4) is 0 Å². The molecule has 2 atom stereocenters. The van der Waals surface area contributed by atoms with Crippen molar-refractivity contribution in [3.8, 4) is 0 Å². The summed E-state index contributed by atoms with van der Waals surface area (Å²) in [6, 6.07) is 3.12. The van der Waals surface area contributed by atoms with Gasteiger partial charge in [0.05, 0.1) is 15.7 Å². The van der Waals surface area contributed by atoms with E-state index in [9.17, 15) is 26.7 Å². The Morgan fingerprint density at radius 1 is 1.28 bits per heavy atom. The molecule has 8 nitrogen and oxygen atoms in total. The molecule has 0 amide bonds. The topological polar surface area (TPSA) is 121 Å². The molecular formula is C15H22N2O6S2. The number of carbonyl (C=O) groups is 1. The van der Waals surface area contributed by atoms with Gasteiger partial charge in [0.1, 0.15) is 0 Å². The van der Waals surface area contributed by atoms with Gasteiger partial charge in [0.15, 0.2) is 0 Å². The van der Waals surface area contributed by atoms with Crippen LogP contribution in [0.25, 0.3) is 0 Å². The molecule has 1 aromatic rings. The molecule has 2 rings (SSSR count). The maximum atomic E-state index is 12.9. The number of carboxylic acids is 1. The van der Waals surface area contributed by atoms with Gasteiger partial charge < -0.3 is 5.11 Å². The van der Waals surface area contributed by atoms with Crippen LogP contribution in [-0.4, -0.2) is 51.9 Å². The summed E-state index contributed by atoms with van der Waals surface area (Å²) in [6.45, 7) is 3.34. The molecule has 1 fully saturated rings. The van der Waals surface area contributed by atoms with E-state index in [2.05, 4.69) is 4.72 Å². The zero-order valence-electron chi connectivity index (χ0n) is 14.3. The van der Waals surface area contributed by atoms with E-state index in [1.807, 2.05) is 0 Å². The van der Waals surface area contributed by atoms with Crippen molar-refractivity contribution in [2.45, 2.75) is 42.5 Å². The Morgan fingerprint density at radius 3 is 2.44 bits per heavy atom. The molecule has 0 aromatic heterocycles. The second-order valence-electron chi connectivity index (χ2n) is 6.08. The lowest BCUT2D eigenvalue weighted by Gasteiger charge is -2.36. The van der Waals surface area contributed by atoms with Gasteiger partial charge in [-0.2, -0.15) is 4.31 Å². The van der Waals surface area contributed by atoms with Crippen molar-refractivity contribution in [1.29, 1.82) is 0 Å². The minimum atomic E-state index is -3.91. The normalized spacial score (nSPS) is 22.7. The summed E-state index contributed by atoms with van der Waals surface area (Å²) in [4.78, 5) is 11.3. The SMILES string of the molecule is CNS(=O)(=O)c1ccc(S(=O)(=O)N2CCC[C@H](C(=O)O)[C@@H]2C)cc1C. The molecule has 0 unspecified atom stereocenters. The van der Waals surface area contributed by atoms with Crippen LogP contribution < -0.4 is 4.72 Å². The Balaban J connectivity index is 2.43. The summed E-state index contributed by atoms with van der Waals surface area (Å²) in [5.74, 6) is -1.77. The van der Waals surface area contributed by atoms with Gasteiger partial charge in [-0.15, -0.1) is 0 Å². The van der Waals surface area contributed by atoms with Crippen LogP contribution in [0.5, 0.6) is 0 Å². The van der Waals surface area contributed by atoms with E-state index in [1.165, 1.54) is 36.5 Å². The lowest BCUT2D eigenvalue weighted by molar-refractivity contribution is -0.144. The number of aliphatic carboxylic acids is 1. The van der Waals surface area contributed by atoms with Gasteiger partial charge in [0, 0.05) is 12.6 Å². The molecule has 1 aliphatic heterocycles. The molecule has 0 aliphatic carbocycles. The van der Waals surface area contributed by atoms with Gasteiger partial charge in [-0.25, -0.2) is 21.6 Å². The van der Waals surface area contributed by atoms with Gasteiger partial charge >= 0.3 is 5.97 Å². The third-order valence-electron chi connectivity index (χ3n) is 4.56. The van der Waals surface area contributed by atoms with Crippen molar-refractivity contribution in [3.05, 3.63) is 23.8 Å². The minimum Gasteiger partial charge on any atom is -0.481 e. The van der Waals surface area contributed by atoms with Crippen molar-refractivity contribution in [3.63, 3.8) is 0 Å². The first kappa shape index (κ1) is 19.8. The van der Waals surface area contributed by atoms with Crippen molar-refractivity contribution in [1.82, 2.24) is 9.03 Å². The van der Waals surface area contributed by atoms with Crippen LogP contribution in [0.1, 0.15) is 25.3 Å². The summed E-state index contributed by atoms with van der Waals surface area (Å²) >= 11 is 0. The molecule has 0 radical (unpaired) electrons. The zero-order valence-corrected chi connectivity index (χ0v) is 15.9. The number of piperidine rings is 1. The largest absolute Gasteiger partial charge is 0.481 e. The Bertz CT molecular complexity index is 879. The first-order valence-electron chi connectivity index (χ1n) is 7.81. The van der Waals surface area contributed by atoms with Crippen LogP contribution in [0.2, 0.25) is 0 Å². The lowest BCUT2D eigenvalue weighted by Crippen LogP contribution is -2.49. The van der Waals surface area contributed by atoms with Crippen LogP contribution >= 0.6 is 0 Å². The molecule has 1 heterocycles. The monoisotopic (exact) mass is 390 g/mol. The van der Waals surface area contributed by atoms with Gasteiger partial charge in [-0.05, 0) is 57.5 Å². The number of aryl methyl sites for hydroxylation is 1. The molecule has 0 bridgehead atoms. The number of hydrogen-bond donors (Lipinski definition) is 2. The highest BCUT2D eigenvalue weighted by Gasteiger charge is 2.39. The molecule has 10 heteroatoms. The van der Waals surface area contributed by atoms with Gasteiger partial charge in [0.2, 0.25) is 20.0 Å². The average molecular weight is 390 g/mol. The average Bonchev–Trinajstić information content (AvgIpc) is 2.54. The summed E-state index contributed by atoms with van der Waals surface area (Å²) in [7, 11) is -6.32. The highest BCUT2D eigenvalue weighted by Crippen LogP contribution is 2.30. The maximum Gasteiger partial charge on any atom is 0.308 e. The van der Waals surface area contributed by atoms with Crippen molar-refractivity contribution >= 4 is 26.0 Å². The third kappa shape index (κ3) is 3.71. The number of sulfonamides is 2. The van der Waals surface area contributed by atoms with Crippen molar-refractivity contribution in [2.75, 3.05) is 13.6 Å². The smallest absolute Gasteiger partial charge is 0.308 e. The van der Waals surface area contributed by atoms with E-state index in [0.717, 1.165) is 0 Å². The molecule has 0 spiro atoms. The van der Waals surface area contributed by atoms with E-state index in [1.54, 1.807) is 6.92 Å². The molecule has 0 saturated carbocycles. The fourth-order valence-corrected chi connectivity index (χ4v) is 5.85. The Labute approximate surface area is 147 Å². The maximum absolute atomic E-state index is 12.9. The number of rotatable bonds is 5. The van der Waals surface area contributed by atoms with Gasteiger partial charge in [-0.1, -0.05) is 0 Å². The van der Waals surface area contributed by atoms with Crippen LogP contribution in [0.4, 0.5) is 0 Å². The number of nitrogens with zero attached hydrogens (tertiary/aromatic N) is 1. The lowest BCUT2D eigenvalue weighted by atomic mass is 9.92. The summed E-state index contributed by atoms with van der Waals surface area (Å²) < 4.78 is 53.1. The first-order valence-corrected chi connectivity index (χ1v) is 10.7. The molecule has 140 valence electrons. The van der Waals surface area contributed by atoms with Gasteiger partial charge in [-0.3, -0.25) is 4.79 Å². The molecule has 1 aliphatic rings. The zero-order chi connectivity index (χ0) is 19.0. The second kappa shape index (κ2) is 7.02. The fraction of sp³-hybridized carbons (Fsp3) is 0.533. The van der Waals surface area contributed by atoms with E-state index < -0.39 is 38.0 Å². The highest BCUT2D eigenvalue weighted by atomic mass is 32.2. The van der Waals surface area contributed by atoms with Crippen LogP contribution in [0.15, 0.2) is 28.0 Å².